The molecule has 1 saturated heterocycles. The fraction of sp³-hybridized carbons (Fsp3) is 0.485. The summed E-state index contributed by atoms with van der Waals surface area (Å²) in [6.45, 7) is 7.82. The second-order valence-electron chi connectivity index (χ2n) is 11.6. The van der Waals surface area contributed by atoms with E-state index < -0.39 is 30.0 Å². The van der Waals surface area contributed by atoms with Crippen molar-refractivity contribution in [2.45, 2.75) is 58.8 Å². The summed E-state index contributed by atoms with van der Waals surface area (Å²) in [5, 5.41) is 14.0. The van der Waals surface area contributed by atoms with Crippen LogP contribution < -0.4 is 10.6 Å². The molecule has 0 bridgehead atoms. The van der Waals surface area contributed by atoms with Gasteiger partial charge in [0.15, 0.2) is 0 Å². The van der Waals surface area contributed by atoms with Crippen molar-refractivity contribution >= 4 is 36.3 Å². The molecule has 0 aliphatic carbocycles. The van der Waals surface area contributed by atoms with E-state index in [0.717, 1.165) is 11.9 Å². The summed E-state index contributed by atoms with van der Waals surface area (Å²) in [7, 11) is 0. The molecule has 5 atom stereocenters. The van der Waals surface area contributed by atoms with Crippen molar-refractivity contribution in [3.8, 4) is 0 Å². The Morgan fingerprint density at radius 1 is 1.11 bits per heavy atom. The van der Waals surface area contributed by atoms with Gasteiger partial charge in [-0.1, -0.05) is 31.6 Å². The molecule has 12 heteroatoms. The molecule has 2 aromatic rings. The van der Waals surface area contributed by atoms with Gasteiger partial charge in [0, 0.05) is 56.6 Å². The number of allylic oxidation sites excluding steroid dienone is 2. The molecular weight excluding hydrogens is 581 g/mol. The molecule has 1 aliphatic rings. The third kappa shape index (κ3) is 11.0. The van der Waals surface area contributed by atoms with Gasteiger partial charge in [-0.05, 0) is 67.5 Å². The van der Waals surface area contributed by atoms with Crippen LogP contribution in [0.15, 0.2) is 54.4 Å². The molecule has 2 heterocycles. The predicted molar refractivity (Wildman–Crippen MR) is 168 cm³/mol. The third-order valence-corrected chi connectivity index (χ3v) is 8.13. The van der Waals surface area contributed by atoms with Crippen molar-refractivity contribution in [2.75, 3.05) is 31.1 Å². The molecule has 1 fully saturated rings. The Balaban J connectivity index is 1.66. The van der Waals surface area contributed by atoms with Gasteiger partial charge in [-0.3, -0.25) is 9.48 Å². The number of aldehydes is 2. The molecule has 1 aromatic heterocycles. The Kier molecular flexibility index (Phi) is 13.5. The first-order chi connectivity index (χ1) is 21.5. The molecule has 1 aliphatic heterocycles. The largest absolute Gasteiger partial charge is 0.442 e. The molecule has 244 valence electrons. The van der Waals surface area contributed by atoms with Crippen molar-refractivity contribution in [1.29, 1.82) is 0 Å². The summed E-state index contributed by atoms with van der Waals surface area (Å²) in [6, 6.07) is 6.52. The highest BCUT2D eigenvalue weighted by Crippen LogP contribution is 2.27. The maximum absolute atomic E-state index is 14.7. The maximum Gasteiger partial charge on any atom is 0.405 e. The number of anilines is 1. The Hall–Kier alpha value is -4.32. The van der Waals surface area contributed by atoms with E-state index in [-0.39, 0.29) is 30.7 Å². The van der Waals surface area contributed by atoms with Crippen LogP contribution in [0.4, 0.5) is 14.9 Å². The van der Waals surface area contributed by atoms with E-state index in [1.807, 2.05) is 31.7 Å². The minimum atomic E-state index is -0.940. The van der Waals surface area contributed by atoms with Gasteiger partial charge in [0.25, 0.3) is 0 Å². The number of aliphatic hydroxyl groups excluding tert-OH is 1. The minimum Gasteiger partial charge on any atom is -0.442 e. The van der Waals surface area contributed by atoms with Crippen LogP contribution in [0.2, 0.25) is 0 Å². The number of benzene rings is 1. The lowest BCUT2D eigenvalue weighted by Gasteiger charge is -2.36. The average molecular weight is 626 g/mol. The summed E-state index contributed by atoms with van der Waals surface area (Å²) >= 11 is 0. The second kappa shape index (κ2) is 17.2. The van der Waals surface area contributed by atoms with Crippen LogP contribution in [0.5, 0.6) is 0 Å². The Morgan fingerprint density at radius 3 is 2.47 bits per heavy atom. The third-order valence-electron chi connectivity index (χ3n) is 8.13. The van der Waals surface area contributed by atoms with Crippen molar-refractivity contribution in [3.63, 3.8) is 0 Å². The van der Waals surface area contributed by atoms with Crippen LogP contribution in [0, 0.1) is 23.6 Å². The van der Waals surface area contributed by atoms with Gasteiger partial charge < -0.3 is 35.0 Å². The van der Waals surface area contributed by atoms with Gasteiger partial charge >= 0.3 is 6.09 Å². The van der Waals surface area contributed by atoms with E-state index >= 15 is 0 Å². The highest BCUT2D eigenvalue weighted by molar-refractivity contribution is 5.76. The van der Waals surface area contributed by atoms with Crippen molar-refractivity contribution in [3.05, 3.63) is 65.8 Å². The van der Waals surface area contributed by atoms with Crippen LogP contribution >= 0.6 is 0 Å². The van der Waals surface area contributed by atoms with E-state index in [1.165, 1.54) is 12.1 Å². The van der Waals surface area contributed by atoms with Gasteiger partial charge in [-0.15, -0.1) is 0 Å². The maximum atomic E-state index is 14.7. The zero-order chi connectivity index (χ0) is 32.9. The number of hydrogen-bond donors (Lipinski definition) is 2. The molecule has 1 aromatic carbocycles. The first-order valence-electron chi connectivity index (χ1n) is 15.2. The number of piperazine rings is 1. The van der Waals surface area contributed by atoms with Gasteiger partial charge in [0.1, 0.15) is 31.0 Å². The molecule has 0 unspecified atom stereocenters. The summed E-state index contributed by atoms with van der Waals surface area (Å²) < 4.78 is 21.6. The summed E-state index contributed by atoms with van der Waals surface area (Å²) in [5.41, 5.74) is 7.31. The van der Waals surface area contributed by atoms with E-state index in [2.05, 4.69) is 5.10 Å². The number of rotatable bonds is 16. The minimum absolute atomic E-state index is 0.0183. The summed E-state index contributed by atoms with van der Waals surface area (Å²) in [6.07, 6.45) is 8.61. The second-order valence-corrected chi connectivity index (χ2v) is 11.6. The van der Waals surface area contributed by atoms with Crippen molar-refractivity contribution in [2.24, 2.45) is 23.5 Å². The van der Waals surface area contributed by atoms with Crippen molar-refractivity contribution < 1.29 is 33.4 Å². The smallest absolute Gasteiger partial charge is 0.405 e. The Morgan fingerprint density at radius 2 is 1.84 bits per heavy atom. The monoisotopic (exact) mass is 625 g/mol. The predicted octanol–water partition coefficient (Wildman–Crippen LogP) is 3.61. The zero-order valence-electron chi connectivity index (χ0n) is 26.1. The highest BCUT2D eigenvalue weighted by Gasteiger charge is 2.24. The summed E-state index contributed by atoms with van der Waals surface area (Å²) in [4.78, 5) is 50.8. The number of carbonyl (C=O) groups is 4. The number of carbonyl (C=O) groups excluding carboxylic acids is 4. The van der Waals surface area contributed by atoms with Gasteiger partial charge in [0.2, 0.25) is 5.91 Å². The zero-order valence-corrected chi connectivity index (χ0v) is 26.1. The van der Waals surface area contributed by atoms with Gasteiger partial charge in [-0.2, -0.15) is 5.10 Å². The molecule has 2 amide bonds. The molecule has 45 heavy (non-hydrogen) atoms. The number of hydrogen-bond acceptors (Lipinski definition) is 8. The van der Waals surface area contributed by atoms with Crippen LogP contribution in [0.1, 0.15) is 45.6 Å². The molecule has 0 saturated carbocycles. The van der Waals surface area contributed by atoms with Crippen LogP contribution in [-0.4, -0.2) is 82.7 Å². The quantitative estimate of drug-likeness (QED) is 0.212. The van der Waals surface area contributed by atoms with Crippen molar-refractivity contribution in [1.82, 2.24) is 14.7 Å². The number of nitrogens with zero attached hydrogens (tertiary/aromatic N) is 4. The fourth-order valence-electron chi connectivity index (χ4n) is 5.45. The Bertz CT molecular complexity index is 1340. The lowest BCUT2D eigenvalue weighted by Crippen LogP contribution is -2.49. The molecule has 0 spiro atoms. The topological polar surface area (TPSA) is 148 Å². The highest BCUT2D eigenvalue weighted by atomic mass is 19.1. The average Bonchev–Trinajstić information content (AvgIpc) is 3.51. The number of ether oxygens (including phenoxy) is 1. The SMILES string of the molecule is C/C(=C\c1cc(F)cc(N2CCN(C(=O)Cn3cccn3)CC2)c1)[C@@H](C=O)[C@@H](C)/C=C/[C@H](OC(N)=O)[C@@H](C)CC[C@@H](O)CC=O. The van der Waals surface area contributed by atoms with E-state index in [1.54, 1.807) is 46.3 Å². The van der Waals surface area contributed by atoms with E-state index in [9.17, 15) is 28.7 Å². The molecule has 0 radical (unpaired) electrons. The van der Waals surface area contributed by atoms with Crippen LogP contribution in [0.3, 0.4) is 0 Å². The number of nitrogens with two attached hydrogens (primary N) is 1. The number of primary amides is 1. The van der Waals surface area contributed by atoms with Crippen LogP contribution in [-0.2, 0) is 25.7 Å². The Labute approximate surface area is 263 Å². The fourth-order valence-corrected chi connectivity index (χ4v) is 5.45. The standard InChI is InChI=1S/C33H44FN5O6/c1-23(6-8-31(45-33(35)44)24(2)5-7-29(42)9-16-40)30(22-41)25(3)17-26-18-27(34)20-28(19-26)37-12-14-38(15-13-37)32(43)21-39-11-4-10-36-39/h4,6,8,10-11,16-20,22-24,29-31,42H,5,7,9,12-15,21H2,1-3H3,(H2,35,44)/b8-6+,25-17+/t23-,24-,29+,30-,31-/m0/s1. The first-order valence-corrected chi connectivity index (χ1v) is 15.2. The molecule has 11 nitrogen and oxygen atoms in total. The van der Waals surface area contributed by atoms with E-state index in [4.69, 9.17) is 10.5 Å². The van der Waals surface area contributed by atoms with Gasteiger partial charge in [0.05, 0.1) is 6.10 Å². The number of aliphatic hydroxyl groups is 1. The number of aromatic nitrogens is 2. The lowest BCUT2D eigenvalue weighted by atomic mass is 9.86. The van der Waals surface area contributed by atoms with Gasteiger partial charge in [-0.25, -0.2) is 9.18 Å². The molecular formula is C33H44FN5O6. The summed E-state index contributed by atoms with van der Waals surface area (Å²) in [5.74, 6) is -1.44. The molecule has 3 rings (SSSR count). The van der Waals surface area contributed by atoms with Crippen LogP contribution in [0.25, 0.3) is 6.08 Å². The lowest BCUT2D eigenvalue weighted by molar-refractivity contribution is -0.132. The number of amides is 2. The molecule has 3 N–H and O–H groups in total. The number of halogens is 1. The first kappa shape index (κ1) is 35.2. The van der Waals surface area contributed by atoms with E-state index in [0.29, 0.717) is 56.6 Å². The normalized spacial score (nSPS) is 17.4.